The Morgan fingerprint density at radius 2 is 2.23 bits per heavy atom. The summed E-state index contributed by atoms with van der Waals surface area (Å²) in [4.78, 5) is 22.6. The number of carbonyl (C=O) groups is 1. The second-order valence-corrected chi connectivity index (χ2v) is 5.74. The molecule has 0 unspecified atom stereocenters. The van der Waals surface area contributed by atoms with E-state index in [1.54, 1.807) is 29.7 Å². The highest BCUT2D eigenvalue weighted by Gasteiger charge is 2.36. The molecule has 1 saturated heterocycles. The van der Waals surface area contributed by atoms with Crippen molar-refractivity contribution in [2.75, 3.05) is 6.54 Å². The SMILES string of the molecule is Cc1cncc(C(=O)N2CC[C@H](O)[C@@H]2Cc2cccnc2)c1. The van der Waals surface area contributed by atoms with E-state index in [2.05, 4.69) is 9.97 Å². The fraction of sp³-hybridized carbons (Fsp3) is 0.353. The van der Waals surface area contributed by atoms with Gasteiger partial charge >= 0.3 is 0 Å². The summed E-state index contributed by atoms with van der Waals surface area (Å²) in [5.41, 5.74) is 2.55. The average Bonchev–Trinajstić information content (AvgIpc) is 2.89. The van der Waals surface area contributed by atoms with E-state index in [1.165, 1.54) is 0 Å². The van der Waals surface area contributed by atoms with Crippen LogP contribution >= 0.6 is 0 Å². The van der Waals surface area contributed by atoms with Gasteiger partial charge in [-0.1, -0.05) is 6.07 Å². The molecule has 22 heavy (non-hydrogen) atoms. The number of aliphatic hydroxyl groups excluding tert-OH is 1. The number of hydrogen-bond donors (Lipinski definition) is 1. The van der Waals surface area contributed by atoms with Gasteiger partial charge in [-0.05, 0) is 43.0 Å². The van der Waals surface area contributed by atoms with E-state index in [-0.39, 0.29) is 11.9 Å². The summed E-state index contributed by atoms with van der Waals surface area (Å²) in [5.74, 6) is -0.0679. The number of aryl methyl sites for hydroxylation is 1. The van der Waals surface area contributed by atoms with Crippen LogP contribution in [0.3, 0.4) is 0 Å². The molecule has 0 bridgehead atoms. The number of rotatable bonds is 3. The minimum atomic E-state index is -0.498. The zero-order valence-corrected chi connectivity index (χ0v) is 12.5. The molecule has 114 valence electrons. The summed E-state index contributed by atoms with van der Waals surface area (Å²) in [7, 11) is 0. The zero-order chi connectivity index (χ0) is 15.5. The number of pyridine rings is 2. The van der Waals surface area contributed by atoms with Crippen LogP contribution in [-0.2, 0) is 6.42 Å². The monoisotopic (exact) mass is 297 g/mol. The first-order valence-electron chi connectivity index (χ1n) is 7.45. The summed E-state index contributed by atoms with van der Waals surface area (Å²) in [6.45, 7) is 2.48. The second-order valence-electron chi connectivity index (χ2n) is 5.74. The van der Waals surface area contributed by atoms with Crippen molar-refractivity contribution in [2.45, 2.75) is 31.9 Å². The van der Waals surface area contributed by atoms with Gasteiger partial charge in [0.1, 0.15) is 0 Å². The van der Waals surface area contributed by atoms with Gasteiger partial charge in [0.25, 0.3) is 5.91 Å². The van der Waals surface area contributed by atoms with E-state index < -0.39 is 6.10 Å². The van der Waals surface area contributed by atoms with Gasteiger partial charge in [0.15, 0.2) is 0 Å². The van der Waals surface area contributed by atoms with Crippen molar-refractivity contribution in [3.05, 3.63) is 59.7 Å². The van der Waals surface area contributed by atoms with E-state index in [0.717, 1.165) is 11.1 Å². The summed E-state index contributed by atoms with van der Waals surface area (Å²) < 4.78 is 0. The average molecular weight is 297 g/mol. The van der Waals surface area contributed by atoms with Crippen molar-refractivity contribution >= 4 is 5.91 Å². The van der Waals surface area contributed by atoms with Crippen LogP contribution in [0.25, 0.3) is 0 Å². The molecule has 0 aromatic carbocycles. The predicted molar refractivity (Wildman–Crippen MR) is 82.4 cm³/mol. The van der Waals surface area contributed by atoms with Gasteiger partial charge in [-0.25, -0.2) is 0 Å². The first kappa shape index (κ1) is 14.7. The molecule has 3 rings (SSSR count). The summed E-state index contributed by atoms with van der Waals surface area (Å²) in [6, 6.07) is 5.46. The van der Waals surface area contributed by atoms with Gasteiger partial charge in [0.2, 0.25) is 0 Å². The molecule has 3 heterocycles. The van der Waals surface area contributed by atoms with Crippen molar-refractivity contribution in [3.63, 3.8) is 0 Å². The summed E-state index contributed by atoms with van der Waals surface area (Å²) >= 11 is 0. The molecular weight excluding hydrogens is 278 g/mol. The summed E-state index contributed by atoms with van der Waals surface area (Å²) in [5, 5.41) is 10.2. The van der Waals surface area contributed by atoms with Crippen LogP contribution in [0.4, 0.5) is 0 Å². The number of aliphatic hydroxyl groups is 1. The van der Waals surface area contributed by atoms with Gasteiger partial charge in [-0.2, -0.15) is 0 Å². The van der Waals surface area contributed by atoms with Gasteiger partial charge in [0.05, 0.1) is 17.7 Å². The Balaban J connectivity index is 1.81. The second kappa shape index (κ2) is 6.23. The Kier molecular flexibility index (Phi) is 4.15. The Hall–Kier alpha value is -2.27. The molecule has 0 spiro atoms. The lowest BCUT2D eigenvalue weighted by molar-refractivity contribution is 0.0639. The topological polar surface area (TPSA) is 66.3 Å². The van der Waals surface area contributed by atoms with Gasteiger partial charge < -0.3 is 10.0 Å². The number of hydrogen-bond acceptors (Lipinski definition) is 4. The molecule has 5 nitrogen and oxygen atoms in total. The van der Waals surface area contributed by atoms with Gasteiger partial charge in [-0.15, -0.1) is 0 Å². The third-order valence-electron chi connectivity index (χ3n) is 4.06. The normalized spacial score (nSPS) is 21.1. The van der Waals surface area contributed by atoms with Gasteiger partial charge in [0, 0.05) is 31.3 Å². The van der Waals surface area contributed by atoms with Crippen LogP contribution in [0.1, 0.15) is 27.9 Å². The lowest BCUT2D eigenvalue weighted by Gasteiger charge is -2.26. The van der Waals surface area contributed by atoms with Crippen LogP contribution in [0.5, 0.6) is 0 Å². The lowest BCUT2D eigenvalue weighted by Crippen LogP contribution is -2.41. The highest BCUT2D eigenvalue weighted by molar-refractivity contribution is 5.94. The third-order valence-corrected chi connectivity index (χ3v) is 4.06. The predicted octanol–water partition coefficient (Wildman–Crippen LogP) is 1.60. The minimum absolute atomic E-state index is 0.0679. The molecule has 2 aromatic heterocycles. The van der Waals surface area contributed by atoms with E-state index in [9.17, 15) is 9.90 Å². The number of likely N-dealkylation sites (tertiary alicyclic amines) is 1. The maximum atomic E-state index is 12.7. The smallest absolute Gasteiger partial charge is 0.255 e. The molecular formula is C17H19N3O2. The fourth-order valence-corrected chi connectivity index (χ4v) is 2.93. The Labute approximate surface area is 129 Å². The molecule has 0 saturated carbocycles. The first-order chi connectivity index (χ1) is 10.6. The van der Waals surface area contributed by atoms with Crippen molar-refractivity contribution in [2.24, 2.45) is 0 Å². The maximum absolute atomic E-state index is 12.7. The van der Waals surface area contributed by atoms with Crippen LogP contribution in [0.15, 0.2) is 43.0 Å². The number of aromatic nitrogens is 2. The minimum Gasteiger partial charge on any atom is -0.391 e. The maximum Gasteiger partial charge on any atom is 0.255 e. The van der Waals surface area contributed by atoms with Crippen molar-refractivity contribution in [1.29, 1.82) is 0 Å². The quantitative estimate of drug-likeness (QED) is 0.934. The van der Waals surface area contributed by atoms with Crippen LogP contribution in [0.2, 0.25) is 0 Å². The van der Waals surface area contributed by atoms with Crippen molar-refractivity contribution in [1.82, 2.24) is 14.9 Å². The van der Waals surface area contributed by atoms with E-state index in [0.29, 0.717) is 24.9 Å². The molecule has 0 radical (unpaired) electrons. The summed E-state index contributed by atoms with van der Waals surface area (Å²) in [6.07, 6.45) is 7.53. The molecule has 1 aliphatic rings. The molecule has 2 aromatic rings. The van der Waals surface area contributed by atoms with E-state index >= 15 is 0 Å². The number of carbonyl (C=O) groups excluding carboxylic acids is 1. The Morgan fingerprint density at radius 3 is 2.95 bits per heavy atom. The standard InChI is InChI=1S/C17H19N3O2/c1-12-7-14(11-19-9-12)17(22)20-6-4-16(21)15(20)8-13-3-2-5-18-10-13/h2-3,5,7,9-11,15-16,21H,4,6,8H2,1H3/t15-,16-/m0/s1. The van der Waals surface area contributed by atoms with Crippen LogP contribution in [-0.4, -0.2) is 44.6 Å². The third kappa shape index (κ3) is 2.99. The number of amides is 1. The highest BCUT2D eigenvalue weighted by Crippen LogP contribution is 2.23. The molecule has 1 aliphatic heterocycles. The van der Waals surface area contributed by atoms with Crippen molar-refractivity contribution < 1.29 is 9.90 Å². The fourth-order valence-electron chi connectivity index (χ4n) is 2.93. The van der Waals surface area contributed by atoms with Gasteiger partial charge in [-0.3, -0.25) is 14.8 Å². The zero-order valence-electron chi connectivity index (χ0n) is 12.5. The largest absolute Gasteiger partial charge is 0.391 e. The molecule has 1 N–H and O–H groups in total. The lowest BCUT2D eigenvalue weighted by atomic mass is 10.0. The Morgan fingerprint density at radius 1 is 1.36 bits per heavy atom. The molecule has 0 aliphatic carbocycles. The molecule has 1 fully saturated rings. The molecule has 2 atom stereocenters. The molecule has 1 amide bonds. The highest BCUT2D eigenvalue weighted by atomic mass is 16.3. The van der Waals surface area contributed by atoms with Crippen molar-refractivity contribution in [3.8, 4) is 0 Å². The first-order valence-corrected chi connectivity index (χ1v) is 7.45. The molecule has 5 heteroatoms. The Bertz CT molecular complexity index is 660. The number of nitrogens with zero attached hydrogens (tertiary/aromatic N) is 3. The van der Waals surface area contributed by atoms with E-state index in [1.807, 2.05) is 25.1 Å². The van der Waals surface area contributed by atoms with E-state index in [4.69, 9.17) is 0 Å². The van der Waals surface area contributed by atoms with Crippen LogP contribution in [0, 0.1) is 6.92 Å². The van der Waals surface area contributed by atoms with Crippen LogP contribution < -0.4 is 0 Å².